The molecule has 0 saturated carbocycles. The number of carboxylic acids is 1. The van der Waals surface area contributed by atoms with Gasteiger partial charge in [-0.15, -0.1) is 0 Å². The molecule has 1 rings (SSSR count). The van der Waals surface area contributed by atoms with Gasteiger partial charge in [-0.25, -0.2) is 4.79 Å². The fourth-order valence-corrected chi connectivity index (χ4v) is 1.52. The Morgan fingerprint density at radius 3 is 2.71 bits per heavy atom. The largest absolute Gasteiger partial charge is 0.481 e. The molecule has 0 fully saturated rings. The van der Waals surface area contributed by atoms with Crippen LogP contribution in [0.2, 0.25) is 0 Å². The van der Waals surface area contributed by atoms with Gasteiger partial charge in [0.2, 0.25) is 0 Å². The highest BCUT2D eigenvalue weighted by molar-refractivity contribution is 5.73. The van der Waals surface area contributed by atoms with E-state index in [9.17, 15) is 18.4 Å². The van der Waals surface area contributed by atoms with Crippen LogP contribution in [0.5, 0.6) is 5.75 Å². The Morgan fingerprint density at radius 1 is 1.29 bits per heavy atom. The monoisotopic (exact) mass is 302 g/mol. The molecule has 21 heavy (non-hydrogen) atoms. The van der Waals surface area contributed by atoms with Crippen molar-refractivity contribution in [1.82, 2.24) is 10.6 Å². The highest BCUT2D eigenvalue weighted by atomic mass is 19.3. The zero-order valence-electron chi connectivity index (χ0n) is 11.1. The lowest BCUT2D eigenvalue weighted by Gasteiger charge is -2.09. The number of halogens is 2. The molecule has 0 aliphatic heterocycles. The highest BCUT2D eigenvalue weighted by Gasteiger charge is 2.05. The minimum atomic E-state index is -2.90. The number of urea groups is 1. The molecule has 0 atom stereocenters. The zero-order valence-corrected chi connectivity index (χ0v) is 11.1. The minimum Gasteiger partial charge on any atom is -0.481 e. The molecule has 0 spiro atoms. The number of nitrogens with one attached hydrogen (secondary N) is 2. The number of alkyl halides is 2. The van der Waals surface area contributed by atoms with Crippen molar-refractivity contribution in [3.05, 3.63) is 29.8 Å². The summed E-state index contributed by atoms with van der Waals surface area (Å²) in [6.45, 7) is -2.51. The maximum Gasteiger partial charge on any atom is 0.387 e. The van der Waals surface area contributed by atoms with E-state index in [1.165, 1.54) is 12.1 Å². The van der Waals surface area contributed by atoms with Crippen LogP contribution < -0.4 is 15.4 Å². The normalized spacial score (nSPS) is 10.2. The average molecular weight is 302 g/mol. The Kier molecular flexibility index (Phi) is 6.93. The molecule has 0 aromatic heterocycles. The van der Waals surface area contributed by atoms with E-state index in [0.29, 0.717) is 12.0 Å². The Bertz CT molecular complexity index is 483. The fourth-order valence-electron chi connectivity index (χ4n) is 1.52. The van der Waals surface area contributed by atoms with Crippen LogP contribution in [0.3, 0.4) is 0 Å². The molecule has 1 aromatic carbocycles. The molecule has 0 aliphatic carbocycles. The molecular weight excluding hydrogens is 286 g/mol. The van der Waals surface area contributed by atoms with Crippen LogP contribution in [-0.2, 0) is 11.3 Å². The summed E-state index contributed by atoms with van der Waals surface area (Å²) in [4.78, 5) is 21.7. The van der Waals surface area contributed by atoms with Crippen molar-refractivity contribution in [2.24, 2.45) is 0 Å². The summed E-state index contributed by atoms with van der Waals surface area (Å²) in [5.41, 5.74) is 0.605. The van der Waals surface area contributed by atoms with E-state index in [1.807, 2.05) is 0 Å². The first-order chi connectivity index (χ1) is 9.97. The van der Waals surface area contributed by atoms with E-state index in [1.54, 1.807) is 12.1 Å². The summed E-state index contributed by atoms with van der Waals surface area (Å²) >= 11 is 0. The molecule has 3 N–H and O–H groups in total. The van der Waals surface area contributed by atoms with Crippen molar-refractivity contribution in [3.63, 3.8) is 0 Å². The molecule has 1 aromatic rings. The van der Waals surface area contributed by atoms with Gasteiger partial charge in [-0.2, -0.15) is 8.78 Å². The lowest BCUT2D eigenvalue weighted by Crippen LogP contribution is -2.35. The van der Waals surface area contributed by atoms with Gasteiger partial charge < -0.3 is 20.5 Å². The molecular formula is C13H16F2N2O4. The lowest BCUT2D eigenvalue weighted by atomic mass is 10.2. The lowest BCUT2D eigenvalue weighted by molar-refractivity contribution is -0.137. The first-order valence-electron chi connectivity index (χ1n) is 6.24. The van der Waals surface area contributed by atoms with Crippen LogP contribution in [0.1, 0.15) is 18.4 Å². The first-order valence-corrected chi connectivity index (χ1v) is 6.24. The Morgan fingerprint density at radius 2 is 2.05 bits per heavy atom. The molecule has 0 bridgehead atoms. The van der Waals surface area contributed by atoms with Crippen molar-refractivity contribution in [2.75, 3.05) is 6.54 Å². The molecule has 0 saturated heterocycles. The van der Waals surface area contributed by atoms with Gasteiger partial charge in [0.1, 0.15) is 5.75 Å². The number of hydrogen-bond donors (Lipinski definition) is 3. The number of carbonyl (C=O) groups excluding carboxylic acids is 1. The van der Waals surface area contributed by atoms with Crippen LogP contribution in [-0.4, -0.2) is 30.3 Å². The van der Waals surface area contributed by atoms with Gasteiger partial charge in [0.05, 0.1) is 0 Å². The van der Waals surface area contributed by atoms with Crippen molar-refractivity contribution in [3.8, 4) is 5.75 Å². The quantitative estimate of drug-likeness (QED) is 0.640. The molecule has 6 nitrogen and oxygen atoms in total. The number of carboxylic acid groups (broad SMARTS) is 1. The molecule has 0 unspecified atom stereocenters. The maximum absolute atomic E-state index is 12.1. The van der Waals surface area contributed by atoms with E-state index >= 15 is 0 Å². The van der Waals surface area contributed by atoms with Gasteiger partial charge in [0.15, 0.2) is 0 Å². The van der Waals surface area contributed by atoms with Crippen molar-refractivity contribution >= 4 is 12.0 Å². The number of ether oxygens (including phenoxy) is 1. The fraction of sp³-hybridized carbons (Fsp3) is 0.385. The Hall–Kier alpha value is -2.38. The maximum atomic E-state index is 12.1. The third-order valence-corrected chi connectivity index (χ3v) is 2.43. The molecule has 116 valence electrons. The minimum absolute atomic E-state index is 0.0196. The summed E-state index contributed by atoms with van der Waals surface area (Å²) in [5.74, 6) is -0.904. The van der Waals surface area contributed by atoms with E-state index in [0.717, 1.165) is 0 Å². The first kappa shape index (κ1) is 16.7. The predicted molar refractivity (Wildman–Crippen MR) is 70.2 cm³/mol. The van der Waals surface area contributed by atoms with E-state index in [4.69, 9.17) is 5.11 Å². The van der Waals surface area contributed by atoms with E-state index in [2.05, 4.69) is 15.4 Å². The Balaban J connectivity index is 2.30. The average Bonchev–Trinajstić information content (AvgIpc) is 2.41. The Labute approximate surface area is 120 Å². The summed E-state index contributed by atoms with van der Waals surface area (Å²) in [7, 11) is 0. The second kappa shape index (κ2) is 8.72. The number of benzene rings is 1. The molecule has 0 aliphatic rings. The number of carbonyl (C=O) groups is 2. The topological polar surface area (TPSA) is 87.7 Å². The van der Waals surface area contributed by atoms with Crippen molar-refractivity contribution < 1.29 is 28.2 Å². The van der Waals surface area contributed by atoms with Gasteiger partial charge in [-0.1, -0.05) is 12.1 Å². The van der Waals surface area contributed by atoms with Crippen LogP contribution in [0.25, 0.3) is 0 Å². The summed E-state index contributed by atoms with van der Waals surface area (Å²) < 4.78 is 28.4. The molecule has 8 heteroatoms. The SMILES string of the molecule is O=C(O)CCCNC(=O)NCc1cccc(OC(F)F)c1. The number of aliphatic carboxylic acids is 1. The summed E-state index contributed by atoms with van der Waals surface area (Å²) in [6, 6.07) is 5.53. The van der Waals surface area contributed by atoms with Crippen LogP contribution >= 0.6 is 0 Å². The summed E-state index contributed by atoms with van der Waals surface area (Å²) in [6.07, 6.45) is 0.313. The second-order valence-electron chi connectivity index (χ2n) is 4.13. The van der Waals surface area contributed by atoms with Crippen molar-refractivity contribution in [1.29, 1.82) is 0 Å². The number of rotatable bonds is 8. The van der Waals surface area contributed by atoms with Gasteiger partial charge in [0, 0.05) is 19.5 Å². The third-order valence-electron chi connectivity index (χ3n) is 2.43. The smallest absolute Gasteiger partial charge is 0.387 e. The van der Waals surface area contributed by atoms with Crippen LogP contribution in [0.15, 0.2) is 24.3 Å². The van der Waals surface area contributed by atoms with Gasteiger partial charge in [0.25, 0.3) is 0 Å². The van der Waals surface area contributed by atoms with Gasteiger partial charge in [-0.05, 0) is 24.1 Å². The molecule has 0 radical (unpaired) electrons. The molecule has 0 heterocycles. The molecule has 2 amide bonds. The summed E-state index contributed by atoms with van der Waals surface area (Å²) in [5, 5.41) is 13.4. The number of hydrogen-bond acceptors (Lipinski definition) is 3. The van der Waals surface area contributed by atoms with Crippen molar-refractivity contribution in [2.45, 2.75) is 26.0 Å². The predicted octanol–water partition coefficient (Wildman–Crippen LogP) is 1.95. The standard InChI is InChI=1S/C13H16F2N2O4/c14-12(15)21-10-4-1-3-9(7-10)8-17-13(20)16-6-2-5-11(18)19/h1,3-4,7,12H,2,5-6,8H2,(H,18,19)(H2,16,17,20). The number of amides is 2. The zero-order chi connectivity index (χ0) is 15.7. The van der Waals surface area contributed by atoms with Gasteiger partial charge in [-0.3, -0.25) is 4.79 Å². The van der Waals surface area contributed by atoms with Crippen LogP contribution in [0.4, 0.5) is 13.6 Å². The van der Waals surface area contributed by atoms with Crippen LogP contribution in [0, 0.1) is 0 Å². The third kappa shape index (κ3) is 7.71. The van der Waals surface area contributed by atoms with E-state index < -0.39 is 18.6 Å². The van der Waals surface area contributed by atoms with Gasteiger partial charge >= 0.3 is 18.6 Å². The highest BCUT2D eigenvalue weighted by Crippen LogP contribution is 2.15. The van der Waals surface area contributed by atoms with E-state index in [-0.39, 0.29) is 25.3 Å². The second-order valence-corrected chi connectivity index (χ2v) is 4.13.